The Morgan fingerprint density at radius 2 is 1.75 bits per heavy atom. The number of nitrogens with one attached hydrogen (secondary N) is 3. The maximum atomic E-state index is 14.1. The van der Waals surface area contributed by atoms with E-state index in [9.17, 15) is 13.6 Å². The van der Waals surface area contributed by atoms with E-state index in [1.165, 1.54) is 6.20 Å². The monoisotopic (exact) mass is 540 g/mol. The molecule has 2 aromatic carbocycles. The second-order valence-electron chi connectivity index (χ2n) is 9.69. The number of aromatic amines is 1. The Bertz CT molecular complexity index is 1680. The van der Waals surface area contributed by atoms with Crippen molar-refractivity contribution in [1.29, 1.82) is 0 Å². The number of hydrogen-bond donors (Lipinski definition) is 3. The zero-order valence-corrected chi connectivity index (χ0v) is 21.7. The molecule has 0 saturated carbocycles. The normalized spacial score (nSPS) is 13.9. The summed E-state index contributed by atoms with van der Waals surface area (Å²) >= 11 is 0. The Morgan fingerprint density at radius 1 is 0.900 bits per heavy atom. The maximum Gasteiger partial charge on any atom is 0.276 e. The van der Waals surface area contributed by atoms with Crippen LogP contribution in [0.15, 0.2) is 73.2 Å². The molecule has 1 aliphatic rings. The highest BCUT2D eigenvalue weighted by molar-refractivity contribution is 6.11. The fraction of sp³-hybridized carbons (Fsp3) is 0.172. The van der Waals surface area contributed by atoms with Gasteiger partial charge in [0.2, 0.25) is 0 Å². The van der Waals surface area contributed by atoms with Crippen molar-refractivity contribution in [2.24, 2.45) is 0 Å². The van der Waals surface area contributed by atoms with Gasteiger partial charge in [0.15, 0.2) is 5.69 Å². The van der Waals surface area contributed by atoms with Crippen LogP contribution in [0.3, 0.4) is 0 Å². The molecule has 5 aromatic rings. The summed E-state index contributed by atoms with van der Waals surface area (Å²) in [5, 5.41) is 13.5. The van der Waals surface area contributed by atoms with E-state index in [4.69, 9.17) is 0 Å². The molecule has 0 spiro atoms. The lowest BCUT2D eigenvalue weighted by Gasteiger charge is -2.33. The summed E-state index contributed by atoms with van der Waals surface area (Å²) in [4.78, 5) is 26.4. The van der Waals surface area contributed by atoms with E-state index < -0.39 is 11.6 Å². The molecule has 6 rings (SSSR count). The molecule has 40 heavy (non-hydrogen) atoms. The predicted molar refractivity (Wildman–Crippen MR) is 151 cm³/mol. The van der Waals surface area contributed by atoms with Crippen LogP contribution in [0.4, 0.5) is 31.7 Å². The molecule has 0 bridgehead atoms. The van der Waals surface area contributed by atoms with Crippen LogP contribution in [0.2, 0.25) is 0 Å². The number of fused-ring (bicyclic) bond motifs is 1. The number of carbonyl (C=O) groups is 1. The number of piperazine rings is 1. The summed E-state index contributed by atoms with van der Waals surface area (Å²) in [5.41, 5.74) is 3.50. The lowest BCUT2D eigenvalue weighted by atomic mass is 10.0. The number of nitrogens with zero attached hydrogens (tertiary/aromatic N) is 5. The molecule has 4 heterocycles. The molecular weight excluding hydrogens is 514 g/mol. The van der Waals surface area contributed by atoms with Gasteiger partial charge in [0, 0.05) is 49.4 Å². The molecule has 1 aliphatic heterocycles. The molecule has 1 saturated heterocycles. The number of pyridine rings is 2. The fourth-order valence-electron chi connectivity index (χ4n) is 4.65. The first-order valence-corrected chi connectivity index (χ1v) is 12.8. The van der Waals surface area contributed by atoms with Gasteiger partial charge >= 0.3 is 0 Å². The minimum atomic E-state index is -0.577. The molecule has 0 radical (unpaired) electrons. The maximum absolute atomic E-state index is 14.1. The SMILES string of the molecule is CN1CCN(c2ccc(NC(=O)c3n[nH]c4ccc(-c5cncc(Nc6cc(F)ccc6F)c5)cc34)cn2)CC1. The Balaban J connectivity index is 1.20. The molecule has 0 unspecified atom stereocenters. The van der Waals surface area contributed by atoms with Gasteiger partial charge in [-0.25, -0.2) is 13.8 Å². The van der Waals surface area contributed by atoms with E-state index >= 15 is 0 Å². The highest BCUT2D eigenvalue weighted by Gasteiger charge is 2.18. The molecule has 1 fully saturated rings. The number of rotatable bonds is 6. The third kappa shape index (κ3) is 5.32. The summed E-state index contributed by atoms with van der Waals surface area (Å²) in [7, 11) is 2.11. The Labute approximate surface area is 228 Å². The standard InChI is InChI=1S/C29H26F2N8O/c1-38-8-10-39(11-9-38)27-7-4-21(17-33-27)35-29(40)28-23-13-18(2-6-25(23)36-37-28)19-12-22(16-32-15-19)34-26-14-20(30)3-5-24(26)31/h2-7,12-17,34H,8-11H2,1H3,(H,35,40)(H,36,37). The van der Waals surface area contributed by atoms with Gasteiger partial charge in [0.25, 0.3) is 5.91 Å². The van der Waals surface area contributed by atoms with E-state index in [1.54, 1.807) is 18.5 Å². The number of H-pyrrole nitrogens is 1. The Hall–Kier alpha value is -4.90. The summed E-state index contributed by atoms with van der Waals surface area (Å²) in [6, 6.07) is 14.3. The molecule has 9 nitrogen and oxygen atoms in total. The molecule has 11 heteroatoms. The van der Waals surface area contributed by atoms with Crippen molar-refractivity contribution in [3.63, 3.8) is 0 Å². The molecule has 1 amide bonds. The average Bonchev–Trinajstić information content (AvgIpc) is 3.40. The van der Waals surface area contributed by atoms with Crippen LogP contribution in [0.1, 0.15) is 10.5 Å². The quantitative estimate of drug-likeness (QED) is 0.277. The molecule has 202 valence electrons. The van der Waals surface area contributed by atoms with Crippen LogP contribution < -0.4 is 15.5 Å². The largest absolute Gasteiger partial charge is 0.354 e. The highest BCUT2D eigenvalue weighted by atomic mass is 19.1. The van der Waals surface area contributed by atoms with Crippen molar-refractivity contribution in [3.05, 3.63) is 90.5 Å². The van der Waals surface area contributed by atoms with Crippen molar-refractivity contribution >= 4 is 39.7 Å². The first-order valence-electron chi connectivity index (χ1n) is 12.8. The first kappa shape index (κ1) is 25.4. The summed E-state index contributed by atoms with van der Waals surface area (Å²) in [6.07, 6.45) is 4.82. The molecular formula is C29H26F2N8O. The molecule has 0 aliphatic carbocycles. The van der Waals surface area contributed by atoms with Crippen molar-refractivity contribution in [3.8, 4) is 11.1 Å². The third-order valence-corrected chi connectivity index (χ3v) is 6.89. The first-order chi connectivity index (χ1) is 19.4. The molecule has 0 atom stereocenters. The minimum Gasteiger partial charge on any atom is -0.354 e. The molecule has 3 N–H and O–H groups in total. The van der Waals surface area contributed by atoms with Crippen LogP contribution in [-0.4, -0.2) is 64.2 Å². The van der Waals surface area contributed by atoms with Crippen LogP contribution in [0, 0.1) is 11.6 Å². The van der Waals surface area contributed by atoms with E-state index in [1.807, 2.05) is 30.3 Å². The average molecular weight is 541 g/mol. The number of carbonyl (C=O) groups excluding carboxylic acids is 1. The van der Waals surface area contributed by atoms with Crippen LogP contribution in [0.25, 0.3) is 22.0 Å². The van der Waals surface area contributed by atoms with E-state index in [2.05, 4.69) is 47.6 Å². The van der Waals surface area contributed by atoms with Crippen molar-refractivity contribution in [2.45, 2.75) is 0 Å². The summed E-state index contributed by atoms with van der Waals surface area (Å²) < 4.78 is 27.7. The number of amides is 1. The van der Waals surface area contributed by atoms with Gasteiger partial charge in [0.1, 0.15) is 17.5 Å². The molecule has 3 aromatic heterocycles. The van der Waals surface area contributed by atoms with Gasteiger partial charge in [-0.15, -0.1) is 0 Å². The second kappa shape index (κ2) is 10.7. The van der Waals surface area contributed by atoms with Crippen LogP contribution in [-0.2, 0) is 0 Å². The lowest BCUT2D eigenvalue weighted by molar-refractivity contribution is 0.102. The summed E-state index contributed by atoms with van der Waals surface area (Å²) in [6.45, 7) is 3.79. The zero-order valence-electron chi connectivity index (χ0n) is 21.7. The number of benzene rings is 2. The van der Waals surface area contributed by atoms with Crippen LogP contribution in [0.5, 0.6) is 0 Å². The van der Waals surface area contributed by atoms with Gasteiger partial charge in [-0.05, 0) is 55.1 Å². The predicted octanol–water partition coefficient (Wildman–Crippen LogP) is 5.05. The third-order valence-electron chi connectivity index (χ3n) is 6.89. The van der Waals surface area contributed by atoms with Gasteiger partial charge in [-0.2, -0.15) is 5.10 Å². The number of aromatic nitrogens is 4. The summed E-state index contributed by atoms with van der Waals surface area (Å²) in [5.74, 6) is -0.614. The topological polar surface area (TPSA) is 102 Å². The minimum absolute atomic E-state index is 0.00856. The Morgan fingerprint density at radius 3 is 2.55 bits per heavy atom. The van der Waals surface area contributed by atoms with E-state index in [0.29, 0.717) is 22.3 Å². The number of likely N-dealkylation sites (N-methyl/N-ethyl adjacent to an activating group) is 1. The zero-order chi connectivity index (χ0) is 27.6. The van der Waals surface area contributed by atoms with Gasteiger partial charge in [-0.1, -0.05) is 6.07 Å². The van der Waals surface area contributed by atoms with Crippen molar-refractivity contribution < 1.29 is 13.6 Å². The van der Waals surface area contributed by atoms with Gasteiger partial charge in [0.05, 0.1) is 35.0 Å². The van der Waals surface area contributed by atoms with Gasteiger partial charge < -0.3 is 20.4 Å². The van der Waals surface area contributed by atoms with Gasteiger partial charge in [-0.3, -0.25) is 14.9 Å². The number of hydrogen-bond acceptors (Lipinski definition) is 7. The lowest BCUT2D eigenvalue weighted by Crippen LogP contribution is -2.44. The fourth-order valence-corrected chi connectivity index (χ4v) is 4.65. The number of anilines is 4. The second-order valence-corrected chi connectivity index (χ2v) is 9.69. The Kier molecular flexibility index (Phi) is 6.79. The van der Waals surface area contributed by atoms with E-state index in [-0.39, 0.29) is 17.3 Å². The highest BCUT2D eigenvalue weighted by Crippen LogP contribution is 2.29. The van der Waals surface area contributed by atoms with Crippen molar-refractivity contribution in [2.75, 3.05) is 48.8 Å². The van der Waals surface area contributed by atoms with E-state index in [0.717, 1.165) is 61.3 Å². The van der Waals surface area contributed by atoms with Crippen molar-refractivity contribution in [1.82, 2.24) is 25.1 Å². The van der Waals surface area contributed by atoms with Crippen LogP contribution >= 0.6 is 0 Å². The smallest absolute Gasteiger partial charge is 0.276 e. The number of halogens is 2.